The van der Waals surface area contributed by atoms with Gasteiger partial charge in [-0.2, -0.15) is 0 Å². The van der Waals surface area contributed by atoms with Crippen LogP contribution in [0.1, 0.15) is 36.9 Å². The fraction of sp³-hybridized carbons (Fsp3) is 0.423. The Bertz CT molecular complexity index is 1220. The van der Waals surface area contributed by atoms with Crippen LogP contribution < -0.4 is 38.9 Å². The fourth-order valence-electron chi connectivity index (χ4n) is 3.92. The van der Waals surface area contributed by atoms with Gasteiger partial charge in [-0.3, -0.25) is 24.2 Å². The van der Waals surface area contributed by atoms with Gasteiger partial charge < -0.3 is 49.0 Å². The van der Waals surface area contributed by atoms with Crippen LogP contribution >= 0.6 is 0 Å². The Morgan fingerprint density at radius 1 is 0.881 bits per heavy atom. The maximum atomic E-state index is 13.4. The first-order chi connectivity index (χ1) is 20.0. The van der Waals surface area contributed by atoms with E-state index in [0.29, 0.717) is 11.3 Å². The predicted octanol–water partition coefficient (Wildman–Crippen LogP) is -2.62. The van der Waals surface area contributed by atoms with Crippen molar-refractivity contribution in [2.24, 2.45) is 27.9 Å². The molecule has 0 radical (unpaired) electrons. The van der Waals surface area contributed by atoms with Crippen molar-refractivity contribution in [1.29, 1.82) is 0 Å². The number of rotatable bonds is 18. The summed E-state index contributed by atoms with van der Waals surface area (Å²) in [5, 5.41) is 17.1. The van der Waals surface area contributed by atoms with Gasteiger partial charge >= 0.3 is 5.97 Å². The lowest BCUT2D eigenvalue weighted by Crippen LogP contribution is -2.58. The van der Waals surface area contributed by atoms with Gasteiger partial charge in [-0.25, -0.2) is 9.78 Å². The van der Waals surface area contributed by atoms with Crippen LogP contribution in [-0.2, 0) is 36.8 Å². The van der Waals surface area contributed by atoms with Crippen LogP contribution in [0.5, 0.6) is 0 Å². The van der Waals surface area contributed by atoms with Crippen LogP contribution in [0.4, 0.5) is 0 Å². The summed E-state index contributed by atoms with van der Waals surface area (Å²) in [6, 6.07) is 4.00. The number of carboxylic acids is 1. The number of hydrogen-bond acceptors (Lipinski definition) is 8. The van der Waals surface area contributed by atoms with Gasteiger partial charge in [0.1, 0.15) is 18.1 Å². The highest BCUT2D eigenvalue weighted by atomic mass is 16.4. The van der Waals surface area contributed by atoms with Crippen LogP contribution in [0.15, 0.2) is 47.8 Å². The number of amides is 4. The number of hydrogen-bond donors (Lipinski definition) is 9. The van der Waals surface area contributed by atoms with Crippen molar-refractivity contribution in [3.05, 3.63) is 54.1 Å². The zero-order valence-electron chi connectivity index (χ0n) is 23.0. The van der Waals surface area contributed by atoms with Crippen molar-refractivity contribution >= 4 is 35.6 Å². The van der Waals surface area contributed by atoms with Crippen LogP contribution in [0, 0.1) is 0 Å². The third-order valence-electron chi connectivity index (χ3n) is 6.12. The topological polar surface area (TPSA) is 287 Å². The Morgan fingerprint density at radius 2 is 1.52 bits per heavy atom. The molecule has 13 N–H and O–H groups in total. The standard InChI is InChI=1S/C26H38N10O6/c27-17(12-16-13-31-14-33-16)22(38)36-20(11-15-5-2-1-3-6-15)24(40)34-18(8-9-21(28)37)23(39)35-19(25(41)42)7-4-10-32-26(29)30/h1-3,5-6,13-14,17-20H,4,7-12,27H2,(H2,28,37)(H,31,33)(H,34,40)(H,35,39)(H,36,38)(H,41,42)(H4,29,30,32). The molecule has 1 aromatic carbocycles. The summed E-state index contributed by atoms with van der Waals surface area (Å²) in [5.41, 5.74) is 23.2. The third kappa shape index (κ3) is 12.0. The highest BCUT2D eigenvalue weighted by molar-refractivity contribution is 5.94. The van der Waals surface area contributed by atoms with E-state index in [-0.39, 0.29) is 51.0 Å². The lowest BCUT2D eigenvalue weighted by atomic mass is 10.0. The quantitative estimate of drug-likeness (QED) is 0.0498. The lowest BCUT2D eigenvalue weighted by Gasteiger charge is -2.25. The number of nitrogens with two attached hydrogens (primary N) is 4. The molecule has 0 spiro atoms. The summed E-state index contributed by atoms with van der Waals surface area (Å²) in [6.45, 7) is 0.146. The first kappa shape index (κ1) is 33.2. The minimum absolute atomic E-state index is 0.00471. The van der Waals surface area contributed by atoms with Gasteiger partial charge in [0, 0.05) is 37.7 Å². The number of carbonyl (C=O) groups excluding carboxylic acids is 4. The van der Waals surface area contributed by atoms with E-state index in [1.54, 1.807) is 30.3 Å². The number of aliphatic imine (C=N–C) groups is 1. The van der Waals surface area contributed by atoms with Gasteiger partial charge in [0.15, 0.2) is 5.96 Å². The molecule has 16 nitrogen and oxygen atoms in total. The molecule has 4 amide bonds. The average molecular weight is 587 g/mol. The average Bonchev–Trinajstić information content (AvgIpc) is 3.45. The first-order valence-corrected chi connectivity index (χ1v) is 13.2. The van der Waals surface area contributed by atoms with E-state index in [1.807, 2.05) is 0 Å². The number of benzene rings is 1. The van der Waals surface area contributed by atoms with Gasteiger partial charge in [0.05, 0.1) is 12.4 Å². The Hall–Kier alpha value is -4.99. The Labute approximate surface area is 242 Å². The number of imidazole rings is 1. The zero-order valence-corrected chi connectivity index (χ0v) is 23.0. The number of nitrogens with one attached hydrogen (secondary N) is 4. The van der Waals surface area contributed by atoms with Crippen molar-refractivity contribution < 1.29 is 29.1 Å². The maximum Gasteiger partial charge on any atom is 0.326 e. The Kier molecular flexibility index (Phi) is 13.4. The molecule has 0 bridgehead atoms. The number of aromatic amines is 1. The SMILES string of the molecule is NC(=O)CCC(NC(=O)C(Cc1ccccc1)NC(=O)C(N)Cc1cnc[nH]1)C(=O)NC(CCCN=C(N)N)C(=O)O. The molecule has 0 saturated heterocycles. The van der Waals surface area contributed by atoms with Crippen LogP contribution in [0.3, 0.4) is 0 Å². The van der Waals surface area contributed by atoms with E-state index in [4.69, 9.17) is 22.9 Å². The van der Waals surface area contributed by atoms with Crippen LogP contribution in [-0.4, -0.2) is 81.3 Å². The fourth-order valence-corrected chi connectivity index (χ4v) is 3.92. The van der Waals surface area contributed by atoms with Crippen molar-refractivity contribution in [3.63, 3.8) is 0 Å². The lowest BCUT2D eigenvalue weighted by molar-refractivity contribution is -0.142. The summed E-state index contributed by atoms with van der Waals surface area (Å²) in [7, 11) is 0. The van der Waals surface area contributed by atoms with Crippen molar-refractivity contribution in [1.82, 2.24) is 25.9 Å². The molecular formula is C26H38N10O6. The minimum Gasteiger partial charge on any atom is -0.480 e. The second-order valence-electron chi connectivity index (χ2n) is 9.55. The van der Waals surface area contributed by atoms with E-state index in [1.165, 1.54) is 12.5 Å². The molecule has 0 fully saturated rings. The number of carboxylic acid groups (broad SMARTS) is 1. The highest BCUT2D eigenvalue weighted by Crippen LogP contribution is 2.08. The number of aromatic nitrogens is 2. The molecule has 0 aliphatic carbocycles. The second-order valence-corrected chi connectivity index (χ2v) is 9.55. The molecule has 0 saturated carbocycles. The van der Waals surface area contributed by atoms with Crippen molar-refractivity contribution in [2.45, 2.75) is 62.7 Å². The molecule has 2 rings (SSSR count). The first-order valence-electron chi connectivity index (χ1n) is 13.2. The van der Waals surface area contributed by atoms with Crippen LogP contribution in [0.2, 0.25) is 0 Å². The molecule has 0 aliphatic heterocycles. The molecule has 0 aliphatic rings. The normalized spacial score (nSPS) is 13.5. The third-order valence-corrected chi connectivity index (χ3v) is 6.12. The van der Waals surface area contributed by atoms with E-state index in [0.717, 1.165) is 0 Å². The summed E-state index contributed by atoms with van der Waals surface area (Å²) in [6.07, 6.45) is 2.92. The maximum absolute atomic E-state index is 13.4. The van der Waals surface area contributed by atoms with E-state index < -0.39 is 53.8 Å². The monoisotopic (exact) mass is 586 g/mol. The van der Waals surface area contributed by atoms with E-state index in [9.17, 15) is 29.1 Å². The molecule has 2 aromatic rings. The van der Waals surface area contributed by atoms with Crippen molar-refractivity contribution in [3.8, 4) is 0 Å². The summed E-state index contributed by atoms with van der Waals surface area (Å²) in [5.74, 6) is -4.41. The van der Waals surface area contributed by atoms with Gasteiger partial charge in [-0.05, 0) is 24.8 Å². The van der Waals surface area contributed by atoms with Gasteiger partial charge in [0.2, 0.25) is 23.6 Å². The Morgan fingerprint density at radius 3 is 2.12 bits per heavy atom. The second kappa shape index (κ2) is 17.0. The van der Waals surface area contributed by atoms with Gasteiger partial charge in [-0.1, -0.05) is 30.3 Å². The number of carbonyl (C=O) groups is 5. The molecule has 1 heterocycles. The Balaban J connectivity index is 2.18. The van der Waals surface area contributed by atoms with E-state index in [2.05, 4.69) is 30.9 Å². The largest absolute Gasteiger partial charge is 0.480 e. The van der Waals surface area contributed by atoms with Gasteiger partial charge in [-0.15, -0.1) is 0 Å². The number of primary amides is 1. The smallest absolute Gasteiger partial charge is 0.326 e. The number of guanidine groups is 1. The molecule has 16 heteroatoms. The molecular weight excluding hydrogens is 548 g/mol. The van der Waals surface area contributed by atoms with Crippen molar-refractivity contribution in [2.75, 3.05) is 6.54 Å². The summed E-state index contributed by atoms with van der Waals surface area (Å²) < 4.78 is 0. The molecule has 1 aromatic heterocycles. The molecule has 4 unspecified atom stereocenters. The molecule has 228 valence electrons. The highest BCUT2D eigenvalue weighted by Gasteiger charge is 2.30. The number of H-pyrrole nitrogens is 1. The number of nitrogens with zero attached hydrogens (tertiary/aromatic N) is 2. The zero-order chi connectivity index (χ0) is 31.1. The summed E-state index contributed by atoms with van der Waals surface area (Å²) >= 11 is 0. The number of aliphatic carboxylic acids is 1. The van der Waals surface area contributed by atoms with Gasteiger partial charge in [0.25, 0.3) is 0 Å². The molecule has 4 atom stereocenters. The minimum atomic E-state index is -1.33. The van der Waals surface area contributed by atoms with Crippen LogP contribution in [0.25, 0.3) is 0 Å². The molecule has 42 heavy (non-hydrogen) atoms. The van der Waals surface area contributed by atoms with E-state index >= 15 is 0 Å². The summed E-state index contributed by atoms with van der Waals surface area (Å²) in [4.78, 5) is 73.2. The predicted molar refractivity (Wildman–Crippen MR) is 152 cm³/mol.